The lowest BCUT2D eigenvalue weighted by Gasteiger charge is -2.19. The van der Waals surface area contributed by atoms with Gasteiger partial charge in [0, 0.05) is 6.54 Å². The fourth-order valence-corrected chi connectivity index (χ4v) is 1.44. The number of carbonyl (C=O) groups is 2. The van der Waals surface area contributed by atoms with Crippen LogP contribution in [0.5, 0.6) is 0 Å². The molecule has 1 aromatic rings. The number of ether oxygens (including phenoxy) is 2. The van der Waals surface area contributed by atoms with Crippen molar-refractivity contribution in [2.45, 2.75) is 39.4 Å². The van der Waals surface area contributed by atoms with E-state index >= 15 is 0 Å². The van der Waals surface area contributed by atoms with Crippen molar-refractivity contribution in [3.8, 4) is 0 Å². The molecule has 1 amide bonds. The minimum absolute atomic E-state index is 0.00301. The Kier molecular flexibility index (Phi) is 6.14. The largest absolute Gasteiger partial charge is 0.461 e. The van der Waals surface area contributed by atoms with Crippen LogP contribution in [0.4, 0.5) is 9.18 Å². The van der Waals surface area contributed by atoms with Gasteiger partial charge in [0.25, 0.3) is 0 Å². The highest BCUT2D eigenvalue weighted by molar-refractivity contribution is 5.72. The van der Waals surface area contributed by atoms with E-state index in [1.807, 2.05) is 0 Å². The fourth-order valence-electron chi connectivity index (χ4n) is 1.44. The van der Waals surface area contributed by atoms with Gasteiger partial charge in [-0.1, -0.05) is 12.1 Å². The summed E-state index contributed by atoms with van der Waals surface area (Å²) in [5.41, 5.74) is -0.00873. The summed E-state index contributed by atoms with van der Waals surface area (Å²) in [4.78, 5) is 22.8. The van der Waals surface area contributed by atoms with Crippen molar-refractivity contribution >= 4 is 12.1 Å². The van der Waals surface area contributed by atoms with Gasteiger partial charge in [-0.15, -0.1) is 0 Å². The van der Waals surface area contributed by atoms with Gasteiger partial charge in [0.15, 0.2) is 0 Å². The maximum atomic E-state index is 12.9. The topological polar surface area (TPSA) is 64.6 Å². The molecule has 0 fully saturated rings. The number of halogens is 1. The highest BCUT2D eigenvalue weighted by Gasteiger charge is 2.16. The smallest absolute Gasteiger partial charge is 0.407 e. The lowest BCUT2D eigenvalue weighted by Crippen LogP contribution is -2.33. The first kappa shape index (κ1) is 16.9. The van der Waals surface area contributed by atoms with Crippen molar-refractivity contribution in [3.05, 3.63) is 35.6 Å². The number of benzene rings is 1. The molecule has 0 saturated carbocycles. The summed E-state index contributed by atoms with van der Waals surface area (Å²) in [6.45, 7) is 5.37. The number of alkyl carbamates (subject to hydrolysis) is 1. The van der Waals surface area contributed by atoms with E-state index in [2.05, 4.69) is 5.32 Å². The average Bonchev–Trinajstić information content (AvgIpc) is 2.34. The van der Waals surface area contributed by atoms with Crippen molar-refractivity contribution in [2.24, 2.45) is 0 Å². The number of amides is 1. The Morgan fingerprint density at radius 3 is 2.62 bits per heavy atom. The first-order valence-corrected chi connectivity index (χ1v) is 6.63. The summed E-state index contributed by atoms with van der Waals surface area (Å²) < 4.78 is 22.9. The quantitative estimate of drug-likeness (QED) is 0.849. The number of rotatable bonds is 5. The minimum Gasteiger partial charge on any atom is -0.461 e. The highest BCUT2D eigenvalue weighted by atomic mass is 19.1. The summed E-state index contributed by atoms with van der Waals surface area (Å²) >= 11 is 0. The molecule has 0 spiro atoms. The molecule has 0 unspecified atom stereocenters. The van der Waals surface area contributed by atoms with Crippen LogP contribution >= 0.6 is 0 Å². The van der Waals surface area contributed by atoms with Crippen molar-refractivity contribution in [1.82, 2.24) is 5.32 Å². The maximum absolute atomic E-state index is 12.9. The molecule has 0 heterocycles. The third kappa shape index (κ3) is 7.91. The molecule has 21 heavy (non-hydrogen) atoms. The third-order valence-corrected chi connectivity index (χ3v) is 2.29. The van der Waals surface area contributed by atoms with Crippen LogP contribution in [0.2, 0.25) is 0 Å². The number of esters is 1. The molecule has 0 bridgehead atoms. The predicted molar refractivity (Wildman–Crippen MR) is 75.0 cm³/mol. The molecule has 0 aromatic heterocycles. The summed E-state index contributed by atoms with van der Waals surface area (Å²) in [6, 6.07) is 5.82. The van der Waals surface area contributed by atoms with Crippen LogP contribution < -0.4 is 5.32 Å². The van der Waals surface area contributed by atoms with Crippen LogP contribution in [0.1, 0.15) is 32.8 Å². The normalized spacial score (nSPS) is 10.9. The van der Waals surface area contributed by atoms with E-state index in [4.69, 9.17) is 9.47 Å². The Labute approximate surface area is 123 Å². The van der Waals surface area contributed by atoms with Crippen molar-refractivity contribution < 1.29 is 23.5 Å². The molecule has 6 heteroatoms. The van der Waals surface area contributed by atoms with Gasteiger partial charge < -0.3 is 14.8 Å². The van der Waals surface area contributed by atoms with Crippen LogP contribution in [0, 0.1) is 5.82 Å². The van der Waals surface area contributed by atoms with E-state index in [0.29, 0.717) is 5.56 Å². The van der Waals surface area contributed by atoms with Gasteiger partial charge in [0.05, 0.1) is 6.42 Å². The van der Waals surface area contributed by atoms with Gasteiger partial charge in [-0.05, 0) is 38.5 Å². The van der Waals surface area contributed by atoms with Crippen molar-refractivity contribution in [2.75, 3.05) is 6.54 Å². The van der Waals surface area contributed by atoms with Gasteiger partial charge in [-0.3, -0.25) is 4.79 Å². The van der Waals surface area contributed by atoms with Crippen LogP contribution in [-0.4, -0.2) is 24.2 Å². The first-order valence-electron chi connectivity index (χ1n) is 6.63. The first-order chi connectivity index (χ1) is 9.76. The lowest BCUT2D eigenvalue weighted by molar-refractivity contribution is -0.144. The molecule has 0 atom stereocenters. The zero-order chi connectivity index (χ0) is 15.9. The number of hydrogen-bond donors (Lipinski definition) is 1. The number of carbonyl (C=O) groups excluding carboxylic acids is 2. The van der Waals surface area contributed by atoms with Crippen LogP contribution in [0.15, 0.2) is 24.3 Å². The second-order valence-electron chi connectivity index (χ2n) is 5.47. The average molecular weight is 297 g/mol. The van der Waals surface area contributed by atoms with Gasteiger partial charge >= 0.3 is 12.1 Å². The summed E-state index contributed by atoms with van der Waals surface area (Å²) in [5, 5.41) is 2.46. The maximum Gasteiger partial charge on any atom is 0.407 e. The molecule has 0 aliphatic heterocycles. The van der Waals surface area contributed by atoms with Crippen molar-refractivity contribution in [3.63, 3.8) is 0 Å². The van der Waals surface area contributed by atoms with Gasteiger partial charge in [-0.2, -0.15) is 0 Å². The zero-order valence-corrected chi connectivity index (χ0v) is 12.4. The molecule has 5 nitrogen and oxygen atoms in total. The molecule has 0 saturated heterocycles. The zero-order valence-electron chi connectivity index (χ0n) is 12.4. The molecule has 0 radical (unpaired) electrons. The van der Waals surface area contributed by atoms with Gasteiger partial charge in [0.1, 0.15) is 18.0 Å². The molecule has 116 valence electrons. The van der Waals surface area contributed by atoms with Crippen LogP contribution in [0.3, 0.4) is 0 Å². The monoisotopic (exact) mass is 297 g/mol. The molecular weight excluding hydrogens is 277 g/mol. The van der Waals surface area contributed by atoms with E-state index in [-0.39, 0.29) is 25.4 Å². The second-order valence-corrected chi connectivity index (χ2v) is 5.47. The SMILES string of the molecule is CC(C)(C)OC(=O)NCCC(=O)OCc1cccc(F)c1. The molecule has 0 aliphatic rings. The van der Waals surface area contributed by atoms with Gasteiger partial charge in [0.2, 0.25) is 0 Å². The summed E-state index contributed by atoms with van der Waals surface area (Å²) in [6.07, 6.45) is -0.561. The summed E-state index contributed by atoms with van der Waals surface area (Å²) in [7, 11) is 0. The van der Waals surface area contributed by atoms with Crippen molar-refractivity contribution in [1.29, 1.82) is 0 Å². The van der Waals surface area contributed by atoms with E-state index in [1.54, 1.807) is 32.9 Å². The molecule has 1 N–H and O–H groups in total. The fraction of sp³-hybridized carbons (Fsp3) is 0.467. The van der Waals surface area contributed by atoms with E-state index in [1.165, 1.54) is 12.1 Å². The van der Waals surface area contributed by atoms with Crippen LogP contribution in [-0.2, 0) is 20.9 Å². The highest BCUT2D eigenvalue weighted by Crippen LogP contribution is 2.07. The Hall–Kier alpha value is -2.11. The van der Waals surface area contributed by atoms with Crippen LogP contribution in [0.25, 0.3) is 0 Å². The number of nitrogens with one attached hydrogen (secondary N) is 1. The minimum atomic E-state index is -0.583. The molecule has 0 aliphatic carbocycles. The lowest BCUT2D eigenvalue weighted by atomic mass is 10.2. The standard InChI is InChI=1S/C15H20FNO4/c1-15(2,3)21-14(19)17-8-7-13(18)20-10-11-5-4-6-12(16)9-11/h4-6,9H,7-8,10H2,1-3H3,(H,17,19). The molecule has 1 rings (SSSR count). The second kappa shape index (κ2) is 7.61. The molecular formula is C15H20FNO4. The predicted octanol–water partition coefficient (Wildman–Crippen LogP) is 2.78. The van der Waals surface area contributed by atoms with E-state index in [9.17, 15) is 14.0 Å². The Bertz CT molecular complexity index is 497. The molecule has 1 aromatic carbocycles. The third-order valence-electron chi connectivity index (χ3n) is 2.29. The Balaban J connectivity index is 2.21. The Morgan fingerprint density at radius 1 is 1.29 bits per heavy atom. The van der Waals surface area contributed by atoms with E-state index in [0.717, 1.165) is 0 Å². The number of hydrogen-bond acceptors (Lipinski definition) is 4. The van der Waals surface area contributed by atoms with Gasteiger partial charge in [-0.25, -0.2) is 9.18 Å². The Morgan fingerprint density at radius 2 is 2.00 bits per heavy atom. The summed E-state index contributed by atoms with van der Waals surface area (Å²) in [5.74, 6) is -0.856. The van der Waals surface area contributed by atoms with E-state index < -0.39 is 17.7 Å².